The first-order valence-electron chi connectivity index (χ1n) is 3.12. The van der Waals surface area contributed by atoms with Crippen molar-refractivity contribution >= 4 is 17.8 Å². The minimum absolute atomic E-state index is 0.281. The third kappa shape index (κ3) is 0.797. The van der Waals surface area contributed by atoms with Crippen molar-refractivity contribution in [1.29, 1.82) is 0 Å². The summed E-state index contributed by atoms with van der Waals surface area (Å²) in [4.78, 5) is 18.5. The van der Waals surface area contributed by atoms with Crippen molar-refractivity contribution in [1.82, 2.24) is 0 Å². The molecule has 0 aliphatic carbocycles. The fraction of sp³-hybridized carbons (Fsp3) is 0. The van der Waals surface area contributed by atoms with Gasteiger partial charge in [0.2, 0.25) is 0 Å². The molecule has 2 heterocycles. The van der Waals surface area contributed by atoms with Crippen LogP contribution in [0.15, 0.2) is 33.5 Å². The van der Waals surface area contributed by atoms with Gasteiger partial charge in [-0.1, -0.05) is 0 Å². The number of hydrogen-bond donors (Lipinski definition) is 1. The fourth-order valence-corrected chi connectivity index (χ4v) is 0.963. The van der Waals surface area contributed by atoms with Crippen LogP contribution in [0.4, 0.5) is 0 Å². The van der Waals surface area contributed by atoms with Crippen molar-refractivity contribution in [2.75, 3.05) is 0 Å². The van der Waals surface area contributed by atoms with Crippen LogP contribution in [-0.4, -0.2) is 17.8 Å². The van der Waals surface area contributed by atoms with E-state index in [4.69, 9.17) is 5.73 Å². The Kier molecular flexibility index (Phi) is 1.03. The van der Waals surface area contributed by atoms with Crippen LogP contribution in [0.5, 0.6) is 0 Å². The van der Waals surface area contributed by atoms with Gasteiger partial charge < -0.3 is 5.73 Å². The summed E-state index contributed by atoms with van der Waals surface area (Å²) in [6, 6.07) is 0. The quantitative estimate of drug-likeness (QED) is 0.547. The van der Waals surface area contributed by atoms with Crippen LogP contribution in [0.3, 0.4) is 0 Å². The van der Waals surface area contributed by atoms with Crippen molar-refractivity contribution in [2.24, 2.45) is 15.7 Å². The highest BCUT2D eigenvalue weighted by Crippen LogP contribution is 2.22. The lowest BCUT2D eigenvalue weighted by molar-refractivity contribution is -0.111. The number of allylic oxidation sites excluding steroid dienone is 1. The monoisotopic (exact) mass is 147 g/mol. The molecule has 4 nitrogen and oxygen atoms in total. The summed E-state index contributed by atoms with van der Waals surface area (Å²) in [7, 11) is 0. The van der Waals surface area contributed by atoms with E-state index in [0.717, 1.165) is 11.4 Å². The predicted molar refractivity (Wildman–Crippen MR) is 41.3 cm³/mol. The Hall–Kier alpha value is -1.71. The standard InChI is InChI=1S/C7H5N3O/c8-7(11)6-3-5-4(10-6)1-2-9-5/h1-3H,(H2,8,11). The molecule has 0 bridgehead atoms. The summed E-state index contributed by atoms with van der Waals surface area (Å²) in [6.07, 6.45) is 4.96. The first-order chi connectivity index (χ1) is 5.27. The van der Waals surface area contributed by atoms with Gasteiger partial charge in [0.1, 0.15) is 5.71 Å². The minimum atomic E-state index is -0.511. The van der Waals surface area contributed by atoms with E-state index in [2.05, 4.69) is 9.98 Å². The first-order valence-corrected chi connectivity index (χ1v) is 3.12. The van der Waals surface area contributed by atoms with Gasteiger partial charge in [0, 0.05) is 6.21 Å². The summed E-state index contributed by atoms with van der Waals surface area (Å²) >= 11 is 0. The summed E-state index contributed by atoms with van der Waals surface area (Å²) in [5.74, 6) is -0.511. The van der Waals surface area contributed by atoms with Gasteiger partial charge in [-0.25, -0.2) is 4.99 Å². The Balaban J connectivity index is 2.41. The highest BCUT2D eigenvalue weighted by atomic mass is 16.1. The maximum absolute atomic E-state index is 10.6. The Morgan fingerprint density at radius 3 is 2.91 bits per heavy atom. The van der Waals surface area contributed by atoms with Crippen molar-refractivity contribution in [3.8, 4) is 0 Å². The molecule has 2 aliphatic rings. The van der Waals surface area contributed by atoms with Crippen LogP contribution in [0.2, 0.25) is 0 Å². The number of nitrogens with zero attached hydrogens (tertiary/aromatic N) is 2. The molecule has 0 saturated carbocycles. The minimum Gasteiger partial charge on any atom is -0.364 e. The Morgan fingerprint density at radius 1 is 1.45 bits per heavy atom. The summed E-state index contributed by atoms with van der Waals surface area (Å²) in [5, 5.41) is 0. The van der Waals surface area contributed by atoms with E-state index in [0.29, 0.717) is 0 Å². The van der Waals surface area contributed by atoms with Gasteiger partial charge in [0.25, 0.3) is 5.91 Å². The Morgan fingerprint density at radius 2 is 2.27 bits per heavy atom. The van der Waals surface area contributed by atoms with Crippen LogP contribution >= 0.6 is 0 Å². The molecule has 2 N–H and O–H groups in total. The molecule has 0 saturated heterocycles. The van der Waals surface area contributed by atoms with Crippen LogP contribution < -0.4 is 5.73 Å². The molecule has 0 aromatic rings. The second-order valence-corrected chi connectivity index (χ2v) is 2.22. The van der Waals surface area contributed by atoms with Crippen molar-refractivity contribution in [3.63, 3.8) is 0 Å². The number of amides is 1. The van der Waals surface area contributed by atoms with E-state index in [9.17, 15) is 4.79 Å². The topological polar surface area (TPSA) is 67.8 Å². The van der Waals surface area contributed by atoms with Gasteiger partial charge in [-0.3, -0.25) is 9.79 Å². The highest BCUT2D eigenvalue weighted by molar-refractivity contribution is 6.44. The molecular weight excluding hydrogens is 142 g/mol. The normalized spacial score (nSPS) is 19.1. The Bertz CT molecular complexity index is 347. The van der Waals surface area contributed by atoms with Gasteiger partial charge in [-0.2, -0.15) is 0 Å². The lowest BCUT2D eigenvalue weighted by Gasteiger charge is -1.84. The summed E-state index contributed by atoms with van der Waals surface area (Å²) in [6.45, 7) is 0. The molecule has 2 rings (SSSR count). The lowest BCUT2D eigenvalue weighted by Crippen LogP contribution is -2.20. The lowest BCUT2D eigenvalue weighted by atomic mass is 10.3. The largest absolute Gasteiger partial charge is 0.364 e. The van der Waals surface area contributed by atoms with E-state index < -0.39 is 5.91 Å². The molecular formula is C7H5N3O. The molecule has 54 valence electrons. The predicted octanol–water partition coefficient (Wildman–Crippen LogP) is -0.222. The average Bonchev–Trinajstić information content (AvgIpc) is 2.40. The Labute approximate surface area is 62.8 Å². The van der Waals surface area contributed by atoms with Crippen molar-refractivity contribution < 1.29 is 4.79 Å². The number of aliphatic imine (C=N–C) groups is 2. The van der Waals surface area contributed by atoms with Gasteiger partial charge in [0.15, 0.2) is 0 Å². The zero-order chi connectivity index (χ0) is 7.84. The van der Waals surface area contributed by atoms with Gasteiger partial charge >= 0.3 is 0 Å². The molecule has 0 aromatic heterocycles. The van der Waals surface area contributed by atoms with Crippen LogP contribution in [-0.2, 0) is 4.79 Å². The van der Waals surface area contributed by atoms with Crippen molar-refractivity contribution in [3.05, 3.63) is 23.5 Å². The molecule has 0 atom stereocenters. The smallest absolute Gasteiger partial charge is 0.267 e. The molecule has 4 heteroatoms. The van der Waals surface area contributed by atoms with Crippen molar-refractivity contribution in [2.45, 2.75) is 0 Å². The van der Waals surface area contributed by atoms with E-state index in [1.54, 1.807) is 18.4 Å². The molecule has 0 aromatic carbocycles. The molecule has 0 radical (unpaired) electrons. The number of carbonyl (C=O) groups is 1. The zero-order valence-corrected chi connectivity index (χ0v) is 5.61. The molecule has 2 aliphatic heterocycles. The van der Waals surface area contributed by atoms with Crippen LogP contribution in [0, 0.1) is 0 Å². The maximum atomic E-state index is 10.6. The number of nitrogens with two attached hydrogens (primary N) is 1. The molecule has 0 unspecified atom stereocenters. The summed E-state index contributed by atoms with van der Waals surface area (Å²) in [5.41, 5.74) is 6.73. The average molecular weight is 147 g/mol. The molecule has 11 heavy (non-hydrogen) atoms. The second kappa shape index (κ2) is 1.88. The van der Waals surface area contributed by atoms with Gasteiger partial charge in [-0.15, -0.1) is 0 Å². The van der Waals surface area contributed by atoms with E-state index in [-0.39, 0.29) is 5.71 Å². The number of hydrogen-bond acceptors (Lipinski definition) is 3. The van der Waals surface area contributed by atoms with E-state index in [1.165, 1.54) is 0 Å². The SMILES string of the molecule is NC(=O)C1=NC2=CC=NC2=C1. The molecule has 0 fully saturated rings. The first kappa shape index (κ1) is 6.03. The molecule has 1 amide bonds. The van der Waals surface area contributed by atoms with Crippen LogP contribution in [0.25, 0.3) is 0 Å². The van der Waals surface area contributed by atoms with Gasteiger partial charge in [0.05, 0.1) is 11.4 Å². The summed E-state index contributed by atoms with van der Waals surface area (Å²) < 4.78 is 0. The van der Waals surface area contributed by atoms with E-state index in [1.807, 2.05) is 0 Å². The fourth-order valence-electron chi connectivity index (χ4n) is 0.963. The zero-order valence-electron chi connectivity index (χ0n) is 5.61. The highest BCUT2D eigenvalue weighted by Gasteiger charge is 2.18. The number of rotatable bonds is 1. The van der Waals surface area contributed by atoms with Gasteiger partial charge in [-0.05, 0) is 12.2 Å². The third-order valence-corrected chi connectivity index (χ3v) is 1.48. The number of fused-ring (bicyclic) bond motifs is 1. The number of primary amides is 1. The molecule has 0 spiro atoms. The second-order valence-electron chi connectivity index (χ2n) is 2.22. The van der Waals surface area contributed by atoms with Crippen LogP contribution in [0.1, 0.15) is 0 Å². The number of carbonyl (C=O) groups excluding carboxylic acids is 1. The van der Waals surface area contributed by atoms with E-state index >= 15 is 0 Å². The third-order valence-electron chi connectivity index (χ3n) is 1.48. The maximum Gasteiger partial charge on any atom is 0.267 e.